The molecule has 0 radical (unpaired) electrons. The molecule has 0 spiro atoms. The van der Waals surface area contributed by atoms with Crippen LogP contribution in [0, 0.1) is 0 Å². The Bertz CT molecular complexity index is 433. The van der Waals surface area contributed by atoms with Gasteiger partial charge in [0, 0.05) is 31.2 Å². The fourth-order valence-electron chi connectivity index (χ4n) is 3.94. The smallest absolute Gasteiger partial charge is 0.0399 e. The van der Waals surface area contributed by atoms with Crippen LogP contribution in [0.1, 0.15) is 43.2 Å². The Balaban J connectivity index is 2.09. The third-order valence-corrected chi connectivity index (χ3v) is 5.01. The lowest BCUT2D eigenvalue weighted by atomic mass is 9.75. The van der Waals surface area contributed by atoms with Crippen molar-refractivity contribution in [1.29, 1.82) is 0 Å². The number of rotatable bonds is 2. The average molecular weight is 244 g/mol. The first-order chi connectivity index (χ1) is 8.77. The van der Waals surface area contributed by atoms with Crippen LogP contribution in [0.4, 0.5) is 5.69 Å². The fraction of sp³-hybridized carbons (Fsp3) is 0.625. The normalized spacial score (nSPS) is 22.0. The van der Waals surface area contributed by atoms with Crippen LogP contribution in [0.25, 0.3) is 0 Å². The molecule has 0 aromatic heterocycles. The molecule has 2 aliphatic rings. The number of nitrogens with zero attached hydrogens (tertiary/aromatic N) is 1. The molecule has 0 amide bonds. The summed E-state index contributed by atoms with van der Waals surface area (Å²) in [6.07, 6.45) is 7.76. The number of benzene rings is 1. The molecule has 1 aliphatic carbocycles. The van der Waals surface area contributed by atoms with Crippen LogP contribution in [0.5, 0.6) is 0 Å². The highest BCUT2D eigenvalue weighted by Crippen LogP contribution is 2.44. The molecule has 0 atom stereocenters. The van der Waals surface area contributed by atoms with E-state index in [9.17, 15) is 0 Å². The Morgan fingerprint density at radius 1 is 1.22 bits per heavy atom. The van der Waals surface area contributed by atoms with E-state index in [-0.39, 0.29) is 5.41 Å². The van der Waals surface area contributed by atoms with E-state index in [2.05, 4.69) is 30.1 Å². The standard InChI is InChI=1S/C16H24N2/c1-18-11-5-6-13-14(7-4-8-15(13)18)16(12-17)9-2-3-10-16/h4,7-8H,2-3,5-6,9-12,17H2,1H3. The molecule has 18 heavy (non-hydrogen) atoms. The van der Waals surface area contributed by atoms with Crippen molar-refractivity contribution in [2.45, 2.75) is 43.9 Å². The topological polar surface area (TPSA) is 29.3 Å². The van der Waals surface area contributed by atoms with Gasteiger partial charge in [-0.25, -0.2) is 0 Å². The average Bonchev–Trinajstić information content (AvgIpc) is 2.89. The first-order valence-corrected chi connectivity index (χ1v) is 7.30. The number of fused-ring (bicyclic) bond motifs is 1. The van der Waals surface area contributed by atoms with E-state index >= 15 is 0 Å². The van der Waals surface area contributed by atoms with E-state index < -0.39 is 0 Å². The molecule has 1 saturated carbocycles. The van der Waals surface area contributed by atoms with Gasteiger partial charge in [-0.2, -0.15) is 0 Å². The first kappa shape index (κ1) is 12.0. The van der Waals surface area contributed by atoms with Crippen LogP contribution < -0.4 is 10.6 Å². The van der Waals surface area contributed by atoms with E-state index in [1.807, 2.05) is 0 Å². The van der Waals surface area contributed by atoms with Gasteiger partial charge in [-0.1, -0.05) is 25.0 Å². The summed E-state index contributed by atoms with van der Waals surface area (Å²) in [4.78, 5) is 2.40. The van der Waals surface area contributed by atoms with Crippen LogP contribution >= 0.6 is 0 Å². The molecule has 1 aliphatic heterocycles. The monoisotopic (exact) mass is 244 g/mol. The molecular formula is C16H24N2. The number of nitrogens with two attached hydrogens (primary N) is 1. The molecule has 1 fully saturated rings. The van der Waals surface area contributed by atoms with Gasteiger partial charge in [0.05, 0.1) is 0 Å². The van der Waals surface area contributed by atoms with Crippen molar-refractivity contribution in [2.75, 3.05) is 25.0 Å². The van der Waals surface area contributed by atoms with Gasteiger partial charge in [0.2, 0.25) is 0 Å². The summed E-state index contributed by atoms with van der Waals surface area (Å²) < 4.78 is 0. The van der Waals surface area contributed by atoms with Crippen molar-refractivity contribution in [1.82, 2.24) is 0 Å². The van der Waals surface area contributed by atoms with Crippen molar-refractivity contribution in [3.63, 3.8) is 0 Å². The van der Waals surface area contributed by atoms with E-state index in [0.717, 1.165) is 6.54 Å². The van der Waals surface area contributed by atoms with Gasteiger partial charge in [-0.05, 0) is 42.9 Å². The molecule has 0 bridgehead atoms. The maximum Gasteiger partial charge on any atom is 0.0399 e. The molecule has 0 unspecified atom stereocenters. The molecule has 98 valence electrons. The summed E-state index contributed by atoms with van der Waals surface area (Å²) in [6.45, 7) is 2.00. The fourth-order valence-corrected chi connectivity index (χ4v) is 3.94. The van der Waals surface area contributed by atoms with Gasteiger partial charge in [-0.15, -0.1) is 0 Å². The zero-order valence-electron chi connectivity index (χ0n) is 11.4. The summed E-state index contributed by atoms with van der Waals surface area (Å²) >= 11 is 0. The highest BCUT2D eigenvalue weighted by atomic mass is 15.1. The van der Waals surface area contributed by atoms with Crippen LogP contribution in [0.3, 0.4) is 0 Å². The minimum absolute atomic E-state index is 0.281. The number of hydrogen-bond acceptors (Lipinski definition) is 2. The number of anilines is 1. The molecule has 0 saturated heterocycles. The Hall–Kier alpha value is -1.02. The van der Waals surface area contributed by atoms with Crippen molar-refractivity contribution >= 4 is 5.69 Å². The van der Waals surface area contributed by atoms with Crippen molar-refractivity contribution in [3.8, 4) is 0 Å². The molecule has 2 N–H and O–H groups in total. The van der Waals surface area contributed by atoms with Crippen LogP contribution in [0.2, 0.25) is 0 Å². The van der Waals surface area contributed by atoms with Crippen molar-refractivity contribution in [3.05, 3.63) is 29.3 Å². The quantitative estimate of drug-likeness (QED) is 0.867. The van der Waals surface area contributed by atoms with Gasteiger partial charge in [-0.3, -0.25) is 0 Å². The van der Waals surface area contributed by atoms with Crippen LogP contribution in [-0.4, -0.2) is 20.1 Å². The second kappa shape index (κ2) is 4.58. The molecule has 3 rings (SSSR count). The molecular weight excluding hydrogens is 220 g/mol. The van der Waals surface area contributed by atoms with E-state index in [4.69, 9.17) is 5.73 Å². The number of hydrogen-bond donors (Lipinski definition) is 1. The summed E-state index contributed by atoms with van der Waals surface area (Å²) in [5, 5.41) is 0. The summed E-state index contributed by atoms with van der Waals surface area (Å²) in [7, 11) is 2.21. The second-order valence-electron chi connectivity index (χ2n) is 6.02. The lowest BCUT2D eigenvalue weighted by Gasteiger charge is -2.35. The zero-order chi connectivity index (χ0) is 12.6. The highest BCUT2D eigenvalue weighted by molar-refractivity contribution is 5.60. The summed E-state index contributed by atoms with van der Waals surface area (Å²) in [6, 6.07) is 6.85. The van der Waals surface area contributed by atoms with E-state index in [0.29, 0.717) is 0 Å². The van der Waals surface area contributed by atoms with Crippen LogP contribution in [0.15, 0.2) is 18.2 Å². The molecule has 1 heterocycles. The molecule has 2 nitrogen and oxygen atoms in total. The van der Waals surface area contributed by atoms with E-state index in [1.54, 1.807) is 11.1 Å². The molecule has 2 heteroatoms. The zero-order valence-corrected chi connectivity index (χ0v) is 11.4. The maximum atomic E-state index is 6.16. The molecule has 1 aromatic rings. The predicted octanol–water partition coefficient (Wildman–Crippen LogP) is 2.84. The van der Waals surface area contributed by atoms with Crippen molar-refractivity contribution < 1.29 is 0 Å². The third kappa shape index (κ3) is 1.74. The Morgan fingerprint density at radius 3 is 2.72 bits per heavy atom. The van der Waals surface area contributed by atoms with Crippen molar-refractivity contribution in [2.24, 2.45) is 5.73 Å². The SMILES string of the molecule is CN1CCCc2c1cccc2C1(CN)CCCC1. The molecule has 1 aromatic carbocycles. The minimum atomic E-state index is 0.281. The Labute approximate surface area is 110 Å². The van der Waals surface area contributed by atoms with Gasteiger partial charge in [0.25, 0.3) is 0 Å². The van der Waals surface area contributed by atoms with Crippen LogP contribution in [-0.2, 0) is 11.8 Å². The highest BCUT2D eigenvalue weighted by Gasteiger charge is 2.36. The second-order valence-corrected chi connectivity index (χ2v) is 6.02. The predicted molar refractivity (Wildman–Crippen MR) is 77.2 cm³/mol. The van der Waals surface area contributed by atoms with Gasteiger partial charge in [0.1, 0.15) is 0 Å². The summed E-state index contributed by atoms with van der Waals surface area (Å²) in [5.74, 6) is 0. The first-order valence-electron chi connectivity index (χ1n) is 7.30. The Morgan fingerprint density at radius 2 is 2.00 bits per heavy atom. The van der Waals surface area contributed by atoms with E-state index in [1.165, 1.54) is 50.8 Å². The minimum Gasteiger partial charge on any atom is -0.374 e. The summed E-state index contributed by atoms with van der Waals surface area (Å²) in [5.41, 5.74) is 11.0. The Kier molecular flexibility index (Phi) is 3.06. The van der Waals surface area contributed by atoms with Gasteiger partial charge >= 0.3 is 0 Å². The van der Waals surface area contributed by atoms with Gasteiger partial charge < -0.3 is 10.6 Å². The lowest BCUT2D eigenvalue weighted by Crippen LogP contribution is -2.35. The maximum absolute atomic E-state index is 6.16. The third-order valence-electron chi connectivity index (χ3n) is 5.01. The largest absolute Gasteiger partial charge is 0.374 e. The van der Waals surface area contributed by atoms with Gasteiger partial charge in [0.15, 0.2) is 0 Å². The lowest BCUT2D eigenvalue weighted by molar-refractivity contribution is 0.447.